The van der Waals surface area contributed by atoms with E-state index in [1.165, 1.54) is 70.8 Å². The van der Waals surface area contributed by atoms with Crippen LogP contribution in [0.5, 0.6) is 0 Å². The van der Waals surface area contributed by atoms with Crippen LogP contribution in [0.2, 0.25) is 0 Å². The van der Waals surface area contributed by atoms with Crippen molar-refractivity contribution in [1.82, 2.24) is 5.32 Å². The summed E-state index contributed by atoms with van der Waals surface area (Å²) < 4.78 is 0. The third-order valence-corrected chi connectivity index (χ3v) is 5.41. The monoisotopic (exact) mass is 281 g/mol. The average molecular weight is 282 g/mol. The average Bonchev–Trinajstić information content (AvgIpc) is 2.48. The Hall–Kier alpha value is -0.0400. The third kappa shape index (κ3) is 5.39. The number of hydrogen-bond donors (Lipinski definition) is 1. The summed E-state index contributed by atoms with van der Waals surface area (Å²) >= 11 is 0. The first-order valence-corrected chi connectivity index (χ1v) is 9.51. The lowest BCUT2D eigenvalue weighted by atomic mass is 9.69. The van der Waals surface area contributed by atoms with Gasteiger partial charge in [0.25, 0.3) is 0 Å². The first-order valence-electron chi connectivity index (χ1n) is 9.51. The molecule has 1 rings (SSSR count). The molecule has 0 heterocycles. The maximum Gasteiger partial charge on any atom is 0.0126 e. The maximum atomic E-state index is 3.97. The minimum atomic E-state index is 0.792. The first kappa shape index (κ1) is 18.0. The summed E-state index contributed by atoms with van der Waals surface area (Å²) in [5.41, 5.74) is 0. The van der Waals surface area contributed by atoms with E-state index in [2.05, 4.69) is 33.0 Å². The zero-order chi connectivity index (χ0) is 14.8. The fourth-order valence-electron chi connectivity index (χ4n) is 4.44. The molecule has 0 saturated heterocycles. The molecule has 0 bridgehead atoms. The maximum absolute atomic E-state index is 3.97. The van der Waals surface area contributed by atoms with Crippen molar-refractivity contribution in [1.29, 1.82) is 0 Å². The van der Waals surface area contributed by atoms with Crippen molar-refractivity contribution < 1.29 is 0 Å². The van der Waals surface area contributed by atoms with Crippen LogP contribution in [0.4, 0.5) is 0 Å². The standard InChI is InChI=1S/C19H39N/c1-5-11-17(12-6-2)19(20-15-7-3)18-14-10-9-13-16(18)8-4/h16-20H,5-15H2,1-4H3. The predicted molar refractivity (Wildman–Crippen MR) is 91.1 cm³/mol. The van der Waals surface area contributed by atoms with Crippen LogP contribution in [0, 0.1) is 17.8 Å². The second-order valence-electron chi connectivity index (χ2n) is 6.93. The Morgan fingerprint density at radius 2 is 1.55 bits per heavy atom. The molecule has 1 fully saturated rings. The summed E-state index contributed by atoms with van der Waals surface area (Å²) in [6.45, 7) is 10.6. The summed E-state index contributed by atoms with van der Waals surface area (Å²) in [5.74, 6) is 2.84. The molecule has 1 heteroatoms. The minimum absolute atomic E-state index is 0.792. The van der Waals surface area contributed by atoms with Gasteiger partial charge in [-0.3, -0.25) is 0 Å². The molecule has 0 spiro atoms. The van der Waals surface area contributed by atoms with Crippen LogP contribution in [0.1, 0.15) is 91.9 Å². The molecule has 20 heavy (non-hydrogen) atoms. The van der Waals surface area contributed by atoms with E-state index >= 15 is 0 Å². The zero-order valence-electron chi connectivity index (χ0n) is 14.6. The predicted octanol–water partition coefficient (Wildman–Crippen LogP) is 5.79. The van der Waals surface area contributed by atoms with Gasteiger partial charge in [-0.05, 0) is 50.0 Å². The van der Waals surface area contributed by atoms with Gasteiger partial charge in [0.05, 0.1) is 0 Å². The van der Waals surface area contributed by atoms with E-state index in [0.717, 1.165) is 23.8 Å². The Labute approximate surface area is 128 Å². The van der Waals surface area contributed by atoms with Gasteiger partial charge in [-0.25, -0.2) is 0 Å². The van der Waals surface area contributed by atoms with Crippen molar-refractivity contribution in [3.8, 4) is 0 Å². The Kier molecular flexibility index (Phi) is 9.59. The van der Waals surface area contributed by atoms with Crippen LogP contribution in [0.3, 0.4) is 0 Å². The molecule has 1 N–H and O–H groups in total. The van der Waals surface area contributed by atoms with Gasteiger partial charge in [0.1, 0.15) is 0 Å². The van der Waals surface area contributed by atoms with E-state index in [0.29, 0.717) is 0 Å². The summed E-state index contributed by atoms with van der Waals surface area (Å²) in [5, 5.41) is 3.97. The molecule has 120 valence electrons. The van der Waals surface area contributed by atoms with E-state index in [1.54, 1.807) is 0 Å². The van der Waals surface area contributed by atoms with Crippen molar-refractivity contribution in [2.45, 2.75) is 97.9 Å². The Morgan fingerprint density at radius 3 is 2.10 bits per heavy atom. The molecular weight excluding hydrogens is 242 g/mol. The van der Waals surface area contributed by atoms with E-state index in [9.17, 15) is 0 Å². The third-order valence-electron chi connectivity index (χ3n) is 5.41. The molecule has 3 unspecified atom stereocenters. The largest absolute Gasteiger partial charge is 0.313 e. The van der Waals surface area contributed by atoms with Gasteiger partial charge in [0, 0.05) is 6.04 Å². The topological polar surface area (TPSA) is 12.0 Å². The van der Waals surface area contributed by atoms with Gasteiger partial charge in [-0.15, -0.1) is 0 Å². The van der Waals surface area contributed by atoms with Crippen molar-refractivity contribution in [3.05, 3.63) is 0 Å². The second kappa shape index (κ2) is 10.7. The molecule has 0 aromatic carbocycles. The van der Waals surface area contributed by atoms with E-state index in [1.807, 2.05) is 0 Å². The van der Waals surface area contributed by atoms with Crippen LogP contribution in [0.25, 0.3) is 0 Å². The van der Waals surface area contributed by atoms with Gasteiger partial charge in [-0.2, -0.15) is 0 Å². The summed E-state index contributed by atoms with van der Waals surface area (Å²) in [4.78, 5) is 0. The van der Waals surface area contributed by atoms with E-state index < -0.39 is 0 Å². The van der Waals surface area contributed by atoms with Crippen LogP contribution in [-0.2, 0) is 0 Å². The highest BCUT2D eigenvalue weighted by Crippen LogP contribution is 2.38. The van der Waals surface area contributed by atoms with Crippen LogP contribution in [0.15, 0.2) is 0 Å². The number of hydrogen-bond acceptors (Lipinski definition) is 1. The highest BCUT2D eigenvalue weighted by Gasteiger charge is 2.34. The van der Waals surface area contributed by atoms with Crippen molar-refractivity contribution in [3.63, 3.8) is 0 Å². The highest BCUT2D eigenvalue weighted by atomic mass is 14.9. The fourth-order valence-corrected chi connectivity index (χ4v) is 4.44. The number of rotatable bonds is 10. The van der Waals surface area contributed by atoms with Crippen LogP contribution < -0.4 is 5.32 Å². The van der Waals surface area contributed by atoms with Gasteiger partial charge >= 0.3 is 0 Å². The Balaban J connectivity index is 2.77. The lowest BCUT2D eigenvalue weighted by molar-refractivity contribution is 0.127. The molecule has 1 aliphatic carbocycles. The zero-order valence-corrected chi connectivity index (χ0v) is 14.6. The highest BCUT2D eigenvalue weighted by molar-refractivity contribution is 4.88. The molecular formula is C19H39N. The quantitative estimate of drug-likeness (QED) is 0.534. The second-order valence-corrected chi connectivity index (χ2v) is 6.93. The summed E-state index contributed by atoms with van der Waals surface area (Å²) in [6, 6.07) is 0.792. The van der Waals surface area contributed by atoms with Gasteiger partial charge in [0.15, 0.2) is 0 Å². The van der Waals surface area contributed by atoms with Crippen LogP contribution in [-0.4, -0.2) is 12.6 Å². The smallest absolute Gasteiger partial charge is 0.0126 e. The molecule has 1 saturated carbocycles. The molecule has 1 nitrogen and oxygen atoms in total. The van der Waals surface area contributed by atoms with Crippen molar-refractivity contribution >= 4 is 0 Å². The van der Waals surface area contributed by atoms with Crippen molar-refractivity contribution in [2.24, 2.45) is 17.8 Å². The SMILES string of the molecule is CCCNC(C(CCC)CCC)C1CCCCC1CC. The normalized spacial score (nSPS) is 25.1. The lowest BCUT2D eigenvalue weighted by Gasteiger charge is -2.41. The number of nitrogens with one attached hydrogen (secondary N) is 1. The van der Waals surface area contributed by atoms with Gasteiger partial charge in [-0.1, -0.05) is 66.2 Å². The molecule has 3 atom stereocenters. The van der Waals surface area contributed by atoms with Gasteiger partial charge in [0.2, 0.25) is 0 Å². The fraction of sp³-hybridized carbons (Fsp3) is 1.00. The van der Waals surface area contributed by atoms with E-state index in [4.69, 9.17) is 0 Å². The Bertz CT molecular complexity index is 220. The molecule has 1 aliphatic rings. The van der Waals surface area contributed by atoms with Crippen molar-refractivity contribution in [2.75, 3.05) is 6.54 Å². The lowest BCUT2D eigenvalue weighted by Crippen LogP contribution is -2.46. The molecule has 0 aromatic rings. The van der Waals surface area contributed by atoms with Gasteiger partial charge < -0.3 is 5.32 Å². The molecule has 0 radical (unpaired) electrons. The molecule has 0 aliphatic heterocycles. The van der Waals surface area contributed by atoms with Crippen LogP contribution >= 0.6 is 0 Å². The first-order chi connectivity index (χ1) is 9.78. The van der Waals surface area contributed by atoms with E-state index in [-0.39, 0.29) is 0 Å². The Morgan fingerprint density at radius 1 is 0.900 bits per heavy atom. The molecule has 0 aromatic heterocycles. The summed E-state index contributed by atoms with van der Waals surface area (Å²) in [6.07, 6.45) is 14.1. The molecule has 0 amide bonds. The summed E-state index contributed by atoms with van der Waals surface area (Å²) in [7, 11) is 0. The minimum Gasteiger partial charge on any atom is -0.313 e.